The third kappa shape index (κ3) is 2.48. The van der Waals surface area contributed by atoms with Crippen LogP contribution in [0.3, 0.4) is 0 Å². The summed E-state index contributed by atoms with van der Waals surface area (Å²) >= 11 is 1.27. The van der Waals surface area contributed by atoms with Crippen LogP contribution in [0.2, 0.25) is 0 Å². The van der Waals surface area contributed by atoms with Crippen LogP contribution in [0, 0.1) is 5.92 Å². The second-order valence-electron chi connectivity index (χ2n) is 6.29. The van der Waals surface area contributed by atoms with Gasteiger partial charge in [0.25, 0.3) is 0 Å². The maximum Gasteiger partial charge on any atom is 0.352 e. The number of tetrazole rings is 1. The van der Waals surface area contributed by atoms with Gasteiger partial charge in [0.2, 0.25) is 17.0 Å². The number of hydrogen-bond acceptors (Lipinski definition) is 8. The Morgan fingerprint density at radius 3 is 3.00 bits per heavy atom. The van der Waals surface area contributed by atoms with Gasteiger partial charge in [-0.05, 0) is 29.0 Å². The number of carboxylic acids is 1. The van der Waals surface area contributed by atoms with Crippen molar-refractivity contribution in [3.8, 4) is 0 Å². The molecule has 2 saturated heterocycles. The largest absolute Gasteiger partial charge is 0.477 e. The predicted molar refractivity (Wildman–Crippen MR) is 87.8 cm³/mol. The molecule has 0 radical (unpaired) electrons. The number of rotatable bonds is 6. The summed E-state index contributed by atoms with van der Waals surface area (Å²) in [5.41, 5.74) is 0.821. The van der Waals surface area contributed by atoms with E-state index in [0.29, 0.717) is 17.5 Å². The van der Waals surface area contributed by atoms with Gasteiger partial charge in [0.15, 0.2) is 0 Å². The molecular formula is C14H17N7O4S. The van der Waals surface area contributed by atoms with E-state index in [2.05, 4.69) is 26.2 Å². The number of aliphatic carboxylic acids is 1. The highest BCUT2D eigenvalue weighted by atomic mass is 32.2. The summed E-state index contributed by atoms with van der Waals surface area (Å²) in [7, 11) is 1.52. The first-order valence-corrected chi connectivity index (χ1v) is 9.13. The van der Waals surface area contributed by atoms with Crippen LogP contribution in [0.5, 0.6) is 0 Å². The van der Waals surface area contributed by atoms with Gasteiger partial charge in [-0.3, -0.25) is 14.5 Å². The number of nitrogens with zero attached hydrogens (tertiary/aromatic N) is 5. The van der Waals surface area contributed by atoms with Crippen molar-refractivity contribution >= 4 is 29.5 Å². The minimum absolute atomic E-state index is 0.0146. The number of nitrogens with one attached hydrogen (secondary N) is 2. The summed E-state index contributed by atoms with van der Waals surface area (Å²) < 4.78 is 1.37. The predicted octanol–water partition coefficient (Wildman–Crippen LogP) is -1.95. The number of likely N-dealkylation sites (N-methyl/N-ethyl adjacent to an activating group) is 1. The summed E-state index contributed by atoms with van der Waals surface area (Å²) in [5.74, 6) is -1.12. The fraction of sp³-hybridized carbons (Fsp3) is 0.571. The van der Waals surface area contributed by atoms with Gasteiger partial charge in [-0.2, -0.15) is 0 Å². The van der Waals surface area contributed by atoms with Crippen LogP contribution in [-0.4, -0.2) is 79.4 Å². The van der Waals surface area contributed by atoms with Crippen LogP contribution in [0.15, 0.2) is 16.4 Å². The zero-order chi connectivity index (χ0) is 18.4. The van der Waals surface area contributed by atoms with Gasteiger partial charge in [-0.1, -0.05) is 11.8 Å². The molecular weight excluding hydrogens is 362 g/mol. The van der Waals surface area contributed by atoms with Crippen LogP contribution >= 0.6 is 11.8 Å². The molecule has 11 nitrogen and oxygen atoms in total. The lowest BCUT2D eigenvalue weighted by molar-refractivity contribution is -0.154. The Bertz CT molecular complexity index is 822. The van der Waals surface area contributed by atoms with Crippen LogP contribution in [-0.2, 0) is 20.9 Å². The van der Waals surface area contributed by atoms with Crippen molar-refractivity contribution in [1.29, 1.82) is 0 Å². The lowest BCUT2D eigenvalue weighted by Crippen LogP contribution is -2.71. The molecule has 3 N–H and O–H groups in total. The van der Waals surface area contributed by atoms with Gasteiger partial charge in [0.1, 0.15) is 18.3 Å². The van der Waals surface area contributed by atoms with Crippen LogP contribution < -0.4 is 10.6 Å². The Morgan fingerprint density at radius 2 is 2.27 bits per heavy atom. The number of carbonyl (C=O) groups excluding carboxylic acids is 2. The Morgan fingerprint density at radius 1 is 1.46 bits per heavy atom. The molecule has 2 amide bonds. The number of carboxylic acid groups (broad SMARTS) is 1. The molecule has 3 aliphatic heterocycles. The second kappa shape index (κ2) is 6.36. The molecule has 1 unspecified atom stereocenters. The Balaban J connectivity index is 1.56. The molecule has 1 aromatic rings. The average molecular weight is 379 g/mol. The topological polar surface area (TPSA) is 142 Å². The first kappa shape index (κ1) is 17.0. The fourth-order valence-corrected chi connectivity index (χ4v) is 4.82. The summed E-state index contributed by atoms with van der Waals surface area (Å²) in [6.45, 7) is 0.667. The van der Waals surface area contributed by atoms with Gasteiger partial charge >= 0.3 is 5.97 Å². The third-order valence-corrected chi connectivity index (χ3v) is 6.00. The molecule has 4 rings (SSSR count). The molecule has 0 aromatic carbocycles. The number of aromatic nitrogens is 4. The van der Waals surface area contributed by atoms with Crippen molar-refractivity contribution in [2.75, 3.05) is 19.3 Å². The lowest BCUT2D eigenvalue weighted by atomic mass is 9.80. The normalized spacial score (nSPS) is 26.6. The Labute approximate surface area is 152 Å². The fourth-order valence-electron chi connectivity index (χ4n) is 3.84. The third-order valence-electron chi connectivity index (χ3n) is 5.00. The van der Waals surface area contributed by atoms with Gasteiger partial charge in [0, 0.05) is 18.7 Å². The second-order valence-corrected chi connectivity index (χ2v) is 7.23. The van der Waals surface area contributed by atoms with E-state index in [-0.39, 0.29) is 42.1 Å². The van der Waals surface area contributed by atoms with E-state index in [1.165, 1.54) is 28.4 Å². The number of thioether (sulfide) groups is 1. The summed E-state index contributed by atoms with van der Waals surface area (Å²) in [5, 5.41) is 27.0. The summed E-state index contributed by atoms with van der Waals surface area (Å²) in [6.07, 6.45) is 0.779. The van der Waals surface area contributed by atoms with Crippen LogP contribution in [0.1, 0.15) is 6.42 Å². The Kier molecular flexibility index (Phi) is 4.15. The first-order chi connectivity index (χ1) is 12.5. The highest BCUT2D eigenvalue weighted by Gasteiger charge is 2.60. The SMILES string of the molecule is CNC(=O)Cn1nnnc1SCC1=C(C(=O)O)N2C(=O)[C@H]3NCCC1[C@H]32. The van der Waals surface area contributed by atoms with Crippen LogP contribution in [0.4, 0.5) is 0 Å². The van der Waals surface area contributed by atoms with Crippen molar-refractivity contribution in [2.24, 2.45) is 5.92 Å². The van der Waals surface area contributed by atoms with E-state index in [4.69, 9.17) is 0 Å². The number of piperidine rings is 1. The van der Waals surface area contributed by atoms with E-state index in [1.807, 2.05) is 0 Å². The summed E-state index contributed by atoms with van der Waals surface area (Å²) in [6, 6.07) is -0.399. The molecule has 3 atom stereocenters. The van der Waals surface area contributed by atoms with Crippen LogP contribution in [0.25, 0.3) is 0 Å². The van der Waals surface area contributed by atoms with E-state index in [9.17, 15) is 19.5 Å². The number of β-lactam (4-membered cyclic amide) rings is 1. The first-order valence-electron chi connectivity index (χ1n) is 8.15. The van der Waals surface area contributed by atoms with Crippen molar-refractivity contribution in [2.45, 2.75) is 30.2 Å². The molecule has 1 aromatic heterocycles. The standard InChI is InChI=1S/C14H17N7O4S/c1-15-8(22)4-20-14(17-18-19-20)26-5-7-6-2-3-16-9-10(6)21(12(9)23)11(7)13(24)25/h6,9-10,16H,2-5H2,1H3,(H,15,22)(H,24,25)/t6?,9-,10+/m0/s1. The zero-order valence-corrected chi connectivity index (χ0v) is 14.7. The minimum Gasteiger partial charge on any atom is -0.477 e. The van der Waals surface area contributed by atoms with Gasteiger partial charge < -0.3 is 15.7 Å². The maximum absolute atomic E-state index is 12.2. The monoisotopic (exact) mass is 379 g/mol. The van der Waals surface area contributed by atoms with E-state index in [1.54, 1.807) is 0 Å². The highest BCUT2D eigenvalue weighted by molar-refractivity contribution is 7.99. The molecule has 12 heteroatoms. The summed E-state index contributed by atoms with van der Waals surface area (Å²) in [4.78, 5) is 36.9. The number of amides is 2. The molecule has 0 saturated carbocycles. The minimum atomic E-state index is -1.09. The van der Waals surface area contributed by atoms with Crippen molar-refractivity contribution < 1.29 is 19.5 Å². The van der Waals surface area contributed by atoms with Crippen molar-refractivity contribution in [1.82, 2.24) is 35.7 Å². The molecule has 138 valence electrons. The van der Waals surface area contributed by atoms with Crippen molar-refractivity contribution in [3.63, 3.8) is 0 Å². The molecule has 3 aliphatic rings. The average Bonchev–Trinajstić information content (AvgIpc) is 3.20. The highest BCUT2D eigenvalue weighted by Crippen LogP contribution is 2.47. The lowest BCUT2D eigenvalue weighted by Gasteiger charge is -2.48. The smallest absolute Gasteiger partial charge is 0.352 e. The van der Waals surface area contributed by atoms with Crippen molar-refractivity contribution in [3.05, 3.63) is 11.3 Å². The zero-order valence-electron chi connectivity index (χ0n) is 13.9. The molecule has 2 fully saturated rings. The maximum atomic E-state index is 12.2. The van der Waals surface area contributed by atoms with E-state index >= 15 is 0 Å². The molecule has 0 aliphatic carbocycles. The molecule has 0 bridgehead atoms. The van der Waals surface area contributed by atoms with E-state index in [0.717, 1.165) is 12.0 Å². The van der Waals surface area contributed by atoms with Gasteiger partial charge in [0.05, 0.1) is 6.04 Å². The molecule has 26 heavy (non-hydrogen) atoms. The Hall–Kier alpha value is -2.47. The number of hydrogen-bond donors (Lipinski definition) is 3. The quantitative estimate of drug-likeness (QED) is 0.380. The van der Waals surface area contributed by atoms with E-state index < -0.39 is 5.97 Å². The van der Waals surface area contributed by atoms with Gasteiger partial charge in [-0.25, -0.2) is 9.48 Å². The van der Waals surface area contributed by atoms with Gasteiger partial charge in [-0.15, -0.1) is 5.10 Å². The number of carbonyl (C=O) groups is 3. The molecule has 0 spiro atoms. The molecule has 4 heterocycles.